The van der Waals surface area contributed by atoms with Gasteiger partial charge in [0.25, 0.3) is 0 Å². The second-order valence-corrected chi connectivity index (χ2v) is 7.18. The summed E-state index contributed by atoms with van der Waals surface area (Å²) in [5.41, 5.74) is 2.49. The van der Waals surface area contributed by atoms with Gasteiger partial charge in [-0.25, -0.2) is 0 Å². The minimum Gasteiger partial charge on any atom is -0.482 e. The van der Waals surface area contributed by atoms with Crippen LogP contribution in [0.2, 0.25) is 0 Å². The topological polar surface area (TPSA) is 41.9 Å². The van der Waals surface area contributed by atoms with Gasteiger partial charge in [0.2, 0.25) is 0 Å². The molecule has 2 aliphatic carbocycles. The summed E-state index contributed by atoms with van der Waals surface area (Å²) in [6, 6.07) is 4.56. The van der Waals surface area contributed by atoms with E-state index in [0.717, 1.165) is 25.1 Å². The molecule has 5 rings (SSSR count). The van der Waals surface area contributed by atoms with Crippen molar-refractivity contribution in [1.82, 2.24) is 4.90 Å². The fraction of sp³-hybridized carbons (Fsp3) is 0.529. The van der Waals surface area contributed by atoms with Gasteiger partial charge in [0.15, 0.2) is 11.5 Å². The number of aliphatic hydroxyl groups is 1. The number of nitrogens with zero attached hydrogens (tertiary/aromatic N) is 1. The fourth-order valence-electron chi connectivity index (χ4n) is 5.30. The lowest BCUT2D eigenvalue weighted by Crippen LogP contribution is -2.64. The highest BCUT2D eigenvalue weighted by molar-refractivity contribution is 7.75. The number of benzene rings is 1. The van der Waals surface area contributed by atoms with Gasteiger partial charge in [0.1, 0.15) is 12.2 Å². The Morgan fingerprint density at radius 1 is 1.41 bits per heavy atom. The van der Waals surface area contributed by atoms with Crippen molar-refractivity contribution < 1.29 is 14.0 Å². The van der Waals surface area contributed by atoms with Gasteiger partial charge in [-0.1, -0.05) is 18.2 Å². The van der Waals surface area contributed by atoms with E-state index in [1.807, 2.05) is 12.1 Å². The standard InChI is InChI=1S/C17H19NO3S/c1-18-7-6-17-10-3-4-12(19)16(17)20-15-13(21-22)5-2-9(14(15)17)8-11(10)18/h2-5,10-12,16,19,22H,6-8H2,1H3/t10-,11+,12-,16-,17-/m0/s1. The second kappa shape index (κ2) is 4.22. The van der Waals surface area contributed by atoms with Crippen molar-refractivity contribution in [2.45, 2.75) is 36.5 Å². The van der Waals surface area contributed by atoms with E-state index in [-0.39, 0.29) is 11.5 Å². The minimum atomic E-state index is -0.563. The van der Waals surface area contributed by atoms with E-state index in [1.54, 1.807) is 0 Å². The van der Waals surface area contributed by atoms with Crippen LogP contribution < -0.4 is 8.92 Å². The Labute approximate surface area is 135 Å². The molecule has 1 aromatic rings. The quantitative estimate of drug-likeness (QED) is 0.470. The van der Waals surface area contributed by atoms with E-state index < -0.39 is 6.10 Å². The normalized spacial score (nSPS) is 41.0. The van der Waals surface area contributed by atoms with Gasteiger partial charge in [-0.15, -0.1) is 0 Å². The number of aliphatic hydroxyl groups excluding tert-OH is 1. The molecule has 2 bridgehead atoms. The maximum absolute atomic E-state index is 10.5. The van der Waals surface area contributed by atoms with E-state index in [4.69, 9.17) is 8.92 Å². The third-order valence-electron chi connectivity index (χ3n) is 6.23. The molecule has 22 heavy (non-hydrogen) atoms. The van der Waals surface area contributed by atoms with Gasteiger partial charge in [0, 0.05) is 35.8 Å². The fourth-order valence-corrected chi connectivity index (χ4v) is 5.44. The molecule has 1 aromatic carbocycles. The summed E-state index contributed by atoms with van der Waals surface area (Å²) in [5.74, 6) is 1.85. The molecule has 2 aliphatic heterocycles. The molecule has 116 valence electrons. The van der Waals surface area contributed by atoms with Crippen LogP contribution in [0, 0.1) is 5.92 Å². The van der Waals surface area contributed by atoms with Crippen LogP contribution in [0.4, 0.5) is 0 Å². The lowest BCUT2D eigenvalue weighted by molar-refractivity contribution is -0.0452. The molecule has 0 unspecified atom stereocenters. The molecule has 0 radical (unpaired) electrons. The maximum Gasteiger partial charge on any atom is 0.179 e. The zero-order chi connectivity index (χ0) is 15.1. The number of rotatable bonds is 1. The summed E-state index contributed by atoms with van der Waals surface area (Å²) in [4.78, 5) is 2.46. The first-order valence-electron chi connectivity index (χ1n) is 7.88. The number of hydrogen-bond acceptors (Lipinski definition) is 5. The Morgan fingerprint density at radius 3 is 3.09 bits per heavy atom. The van der Waals surface area contributed by atoms with Crippen molar-refractivity contribution in [3.8, 4) is 11.5 Å². The molecular weight excluding hydrogens is 298 g/mol. The van der Waals surface area contributed by atoms with Crippen LogP contribution >= 0.6 is 12.9 Å². The molecule has 0 aromatic heterocycles. The molecule has 1 N–H and O–H groups in total. The Balaban J connectivity index is 1.82. The molecule has 2 heterocycles. The average molecular weight is 317 g/mol. The number of thiol groups is 1. The number of likely N-dealkylation sites (tertiary alicyclic amines) is 1. The highest BCUT2D eigenvalue weighted by atomic mass is 32.1. The summed E-state index contributed by atoms with van der Waals surface area (Å²) < 4.78 is 11.5. The molecule has 4 nitrogen and oxygen atoms in total. The molecule has 0 amide bonds. The summed E-state index contributed by atoms with van der Waals surface area (Å²) >= 11 is 3.98. The monoisotopic (exact) mass is 317 g/mol. The molecular formula is C17H19NO3S. The van der Waals surface area contributed by atoms with E-state index in [0.29, 0.717) is 17.7 Å². The lowest BCUT2D eigenvalue weighted by Gasteiger charge is -2.56. The van der Waals surface area contributed by atoms with Crippen molar-refractivity contribution in [3.63, 3.8) is 0 Å². The van der Waals surface area contributed by atoms with Crippen LogP contribution in [0.1, 0.15) is 17.5 Å². The first-order valence-corrected chi connectivity index (χ1v) is 8.24. The molecule has 1 fully saturated rings. The lowest BCUT2D eigenvalue weighted by atomic mass is 9.53. The number of piperidine rings is 1. The molecule has 0 saturated carbocycles. The van der Waals surface area contributed by atoms with Crippen LogP contribution in [0.15, 0.2) is 24.3 Å². The zero-order valence-corrected chi connectivity index (χ0v) is 13.3. The predicted molar refractivity (Wildman–Crippen MR) is 85.5 cm³/mol. The molecule has 1 spiro atoms. The van der Waals surface area contributed by atoms with Crippen molar-refractivity contribution >= 4 is 12.9 Å². The van der Waals surface area contributed by atoms with Crippen LogP contribution in [-0.4, -0.2) is 41.8 Å². The Bertz CT molecular complexity index is 691. The van der Waals surface area contributed by atoms with Crippen molar-refractivity contribution in [2.75, 3.05) is 13.6 Å². The van der Waals surface area contributed by atoms with Crippen LogP contribution in [0.3, 0.4) is 0 Å². The van der Waals surface area contributed by atoms with Gasteiger partial charge in [-0.3, -0.25) is 0 Å². The second-order valence-electron chi connectivity index (χ2n) is 7.00. The summed E-state index contributed by atoms with van der Waals surface area (Å²) in [6.07, 6.45) is 5.39. The largest absolute Gasteiger partial charge is 0.482 e. The van der Waals surface area contributed by atoms with Gasteiger partial charge in [-0.2, -0.15) is 0 Å². The molecule has 1 saturated heterocycles. The maximum atomic E-state index is 10.5. The highest BCUT2D eigenvalue weighted by Gasteiger charge is 2.64. The third kappa shape index (κ3) is 1.34. The van der Waals surface area contributed by atoms with E-state index in [9.17, 15) is 5.11 Å². The number of hydrogen-bond donors (Lipinski definition) is 2. The van der Waals surface area contributed by atoms with Gasteiger partial charge in [0.05, 0.1) is 0 Å². The van der Waals surface area contributed by atoms with Crippen molar-refractivity contribution in [2.24, 2.45) is 5.92 Å². The minimum absolute atomic E-state index is 0.115. The number of ether oxygens (including phenoxy) is 1. The van der Waals surface area contributed by atoms with Crippen molar-refractivity contribution in [1.29, 1.82) is 0 Å². The van der Waals surface area contributed by atoms with E-state index >= 15 is 0 Å². The summed E-state index contributed by atoms with van der Waals surface area (Å²) in [7, 11) is 2.21. The van der Waals surface area contributed by atoms with Gasteiger partial charge < -0.3 is 18.9 Å². The summed E-state index contributed by atoms with van der Waals surface area (Å²) in [5, 5.41) is 10.5. The SMILES string of the molecule is CN1CC[C@]23c4c5ccc(OS)c4O[C@H]2[C@@H](O)C=C[C@H]3[C@H]1C5. The molecule has 5 heteroatoms. The Hall–Kier alpha value is -1.17. The van der Waals surface area contributed by atoms with Crippen LogP contribution in [0.25, 0.3) is 0 Å². The smallest absolute Gasteiger partial charge is 0.179 e. The first-order chi connectivity index (χ1) is 10.7. The van der Waals surface area contributed by atoms with Gasteiger partial charge in [-0.05, 0) is 38.1 Å². The molecule has 4 aliphatic rings. The van der Waals surface area contributed by atoms with E-state index in [1.165, 1.54) is 11.1 Å². The Morgan fingerprint density at radius 2 is 2.27 bits per heavy atom. The van der Waals surface area contributed by atoms with Gasteiger partial charge >= 0.3 is 0 Å². The van der Waals surface area contributed by atoms with Crippen LogP contribution in [-0.2, 0) is 11.8 Å². The number of likely N-dealkylation sites (N-methyl/N-ethyl adjacent to an activating group) is 1. The van der Waals surface area contributed by atoms with E-state index in [2.05, 4.69) is 37.0 Å². The predicted octanol–water partition coefficient (Wildman–Crippen LogP) is 1.72. The zero-order valence-electron chi connectivity index (χ0n) is 12.4. The first kappa shape index (κ1) is 13.3. The Kier molecular flexibility index (Phi) is 2.55. The van der Waals surface area contributed by atoms with Crippen LogP contribution in [0.5, 0.6) is 11.5 Å². The summed E-state index contributed by atoms with van der Waals surface area (Å²) in [6.45, 7) is 1.03. The van der Waals surface area contributed by atoms with Crippen molar-refractivity contribution in [3.05, 3.63) is 35.4 Å². The molecule has 5 atom stereocenters. The highest BCUT2D eigenvalue weighted by Crippen LogP contribution is 2.62. The average Bonchev–Trinajstić information content (AvgIpc) is 2.88. The third-order valence-corrected chi connectivity index (χ3v) is 6.43.